The molecule has 0 saturated heterocycles. The van der Waals surface area contributed by atoms with Crippen LogP contribution in [-0.2, 0) is 5.41 Å². The zero-order valence-electron chi connectivity index (χ0n) is 28.9. The third kappa shape index (κ3) is 4.08. The molecular formula is C49H33NO2. The van der Waals surface area contributed by atoms with Crippen molar-refractivity contribution >= 4 is 71.7 Å². The van der Waals surface area contributed by atoms with Gasteiger partial charge < -0.3 is 13.7 Å². The molecule has 10 aromatic rings. The van der Waals surface area contributed by atoms with Gasteiger partial charge in [0.15, 0.2) is 5.58 Å². The summed E-state index contributed by atoms with van der Waals surface area (Å²) in [5, 5.41) is 6.78. The van der Waals surface area contributed by atoms with E-state index in [1.165, 1.54) is 27.6 Å². The highest BCUT2D eigenvalue weighted by Crippen LogP contribution is 2.55. The Labute approximate surface area is 301 Å². The van der Waals surface area contributed by atoms with Crippen molar-refractivity contribution in [3.63, 3.8) is 0 Å². The third-order valence-corrected chi connectivity index (χ3v) is 11.3. The topological polar surface area (TPSA) is 29.5 Å². The molecule has 3 heteroatoms. The molecule has 0 radical (unpaired) electrons. The zero-order chi connectivity index (χ0) is 34.6. The molecule has 1 aliphatic rings. The van der Waals surface area contributed by atoms with Gasteiger partial charge in [-0.3, -0.25) is 0 Å². The van der Waals surface area contributed by atoms with Crippen molar-refractivity contribution < 1.29 is 8.83 Å². The molecule has 246 valence electrons. The van der Waals surface area contributed by atoms with Crippen LogP contribution in [0.1, 0.15) is 25.0 Å². The van der Waals surface area contributed by atoms with E-state index < -0.39 is 0 Å². The van der Waals surface area contributed by atoms with Gasteiger partial charge in [0.1, 0.15) is 16.7 Å². The summed E-state index contributed by atoms with van der Waals surface area (Å²) < 4.78 is 13.1. The van der Waals surface area contributed by atoms with Crippen LogP contribution in [0.2, 0.25) is 0 Å². The van der Waals surface area contributed by atoms with E-state index in [2.05, 4.69) is 170 Å². The van der Waals surface area contributed by atoms with Gasteiger partial charge in [-0.15, -0.1) is 0 Å². The van der Waals surface area contributed by atoms with Crippen molar-refractivity contribution in [3.8, 4) is 22.3 Å². The molecule has 0 atom stereocenters. The number of anilines is 3. The molecule has 0 saturated carbocycles. The van der Waals surface area contributed by atoms with E-state index in [0.717, 1.165) is 77.5 Å². The Bertz CT molecular complexity index is 3050. The summed E-state index contributed by atoms with van der Waals surface area (Å²) in [5.74, 6) is 0. The van der Waals surface area contributed by atoms with Crippen LogP contribution in [0.5, 0.6) is 0 Å². The molecule has 3 nitrogen and oxygen atoms in total. The number of rotatable bonds is 4. The first-order valence-electron chi connectivity index (χ1n) is 17.9. The highest BCUT2D eigenvalue weighted by Gasteiger charge is 2.38. The lowest BCUT2D eigenvalue weighted by atomic mass is 9.82. The minimum atomic E-state index is -0.127. The fourth-order valence-electron chi connectivity index (χ4n) is 8.73. The number of nitrogens with zero attached hydrogens (tertiary/aromatic N) is 1. The Morgan fingerprint density at radius 3 is 2.02 bits per heavy atom. The lowest BCUT2D eigenvalue weighted by Crippen LogP contribution is -2.16. The molecule has 0 fully saturated rings. The average Bonchev–Trinajstić information content (AvgIpc) is 3.84. The second kappa shape index (κ2) is 10.7. The highest BCUT2D eigenvalue weighted by molar-refractivity contribution is 6.18. The van der Waals surface area contributed by atoms with Gasteiger partial charge in [0.2, 0.25) is 0 Å². The van der Waals surface area contributed by atoms with Crippen molar-refractivity contribution in [3.05, 3.63) is 175 Å². The number of hydrogen-bond donors (Lipinski definition) is 0. The zero-order valence-corrected chi connectivity index (χ0v) is 28.9. The maximum atomic E-state index is 6.96. The van der Waals surface area contributed by atoms with Crippen LogP contribution in [0.15, 0.2) is 173 Å². The molecule has 0 N–H and O–H groups in total. The molecule has 0 amide bonds. The van der Waals surface area contributed by atoms with Crippen LogP contribution in [0.25, 0.3) is 76.9 Å². The van der Waals surface area contributed by atoms with Gasteiger partial charge in [-0.25, -0.2) is 0 Å². The summed E-state index contributed by atoms with van der Waals surface area (Å²) in [6.07, 6.45) is 0. The van der Waals surface area contributed by atoms with Crippen LogP contribution in [0.4, 0.5) is 17.1 Å². The van der Waals surface area contributed by atoms with Crippen LogP contribution in [0.3, 0.4) is 0 Å². The van der Waals surface area contributed by atoms with Gasteiger partial charge in [0, 0.05) is 43.6 Å². The summed E-state index contributed by atoms with van der Waals surface area (Å²) in [6.45, 7) is 4.68. The van der Waals surface area contributed by atoms with Gasteiger partial charge in [-0.2, -0.15) is 0 Å². The maximum Gasteiger partial charge on any atom is 0.159 e. The van der Waals surface area contributed by atoms with E-state index in [9.17, 15) is 0 Å². The molecular weight excluding hydrogens is 635 g/mol. The largest absolute Gasteiger partial charge is 0.456 e. The van der Waals surface area contributed by atoms with E-state index in [1.54, 1.807) is 0 Å². The van der Waals surface area contributed by atoms with Gasteiger partial charge >= 0.3 is 0 Å². The Morgan fingerprint density at radius 1 is 0.442 bits per heavy atom. The molecule has 2 aromatic heterocycles. The Kier molecular flexibility index (Phi) is 6.01. The first-order chi connectivity index (χ1) is 25.5. The summed E-state index contributed by atoms with van der Waals surface area (Å²) in [7, 11) is 0. The van der Waals surface area contributed by atoms with E-state index in [-0.39, 0.29) is 5.41 Å². The van der Waals surface area contributed by atoms with Crippen molar-refractivity contribution in [1.29, 1.82) is 0 Å². The monoisotopic (exact) mass is 667 g/mol. The Balaban J connectivity index is 1.14. The van der Waals surface area contributed by atoms with Crippen molar-refractivity contribution in [2.45, 2.75) is 19.3 Å². The van der Waals surface area contributed by atoms with Gasteiger partial charge in [-0.05, 0) is 81.7 Å². The van der Waals surface area contributed by atoms with Crippen molar-refractivity contribution in [1.82, 2.24) is 0 Å². The van der Waals surface area contributed by atoms with Crippen molar-refractivity contribution in [2.75, 3.05) is 4.90 Å². The van der Waals surface area contributed by atoms with E-state index in [0.29, 0.717) is 0 Å². The molecule has 2 heterocycles. The maximum absolute atomic E-state index is 6.96. The smallest absolute Gasteiger partial charge is 0.159 e. The number of para-hydroxylation sites is 2. The Morgan fingerprint density at radius 2 is 1.12 bits per heavy atom. The molecule has 11 rings (SSSR count). The third-order valence-electron chi connectivity index (χ3n) is 11.3. The number of fused-ring (bicyclic) bond motifs is 11. The molecule has 8 aromatic carbocycles. The molecule has 0 unspecified atom stereocenters. The highest BCUT2D eigenvalue weighted by atomic mass is 16.3. The van der Waals surface area contributed by atoms with Crippen LogP contribution in [-0.4, -0.2) is 0 Å². The summed E-state index contributed by atoms with van der Waals surface area (Å²) in [5.41, 5.74) is 14.2. The SMILES string of the molecule is CC1(C)c2ccccc2-c2c(N(c3ccc(-c4ccc5oc6ccccc6c5c4)cc3)c3cccc4c3oc3c5ccccc5ccc43)cccc21. The van der Waals surface area contributed by atoms with E-state index in [1.807, 2.05) is 12.1 Å². The number of furan rings is 2. The molecule has 0 spiro atoms. The quantitative estimate of drug-likeness (QED) is 0.187. The van der Waals surface area contributed by atoms with E-state index >= 15 is 0 Å². The predicted molar refractivity (Wildman–Crippen MR) is 216 cm³/mol. The van der Waals surface area contributed by atoms with Gasteiger partial charge in [-0.1, -0.05) is 129 Å². The normalized spacial score (nSPS) is 13.3. The number of benzene rings is 8. The fourth-order valence-corrected chi connectivity index (χ4v) is 8.73. The summed E-state index contributed by atoms with van der Waals surface area (Å²) in [6, 6.07) is 58.7. The minimum absolute atomic E-state index is 0.127. The van der Waals surface area contributed by atoms with Gasteiger partial charge in [0.05, 0.1) is 11.4 Å². The Hall–Kier alpha value is -6.58. The second-order valence-electron chi connectivity index (χ2n) is 14.5. The van der Waals surface area contributed by atoms with E-state index in [4.69, 9.17) is 8.83 Å². The second-order valence-corrected chi connectivity index (χ2v) is 14.5. The van der Waals surface area contributed by atoms with Crippen LogP contribution >= 0.6 is 0 Å². The first-order valence-corrected chi connectivity index (χ1v) is 17.9. The average molecular weight is 668 g/mol. The predicted octanol–water partition coefficient (Wildman–Crippen LogP) is 14.1. The lowest BCUT2D eigenvalue weighted by molar-refractivity contribution is 0.660. The standard InChI is InChI=1S/C49H33NO2/c1-49(2)40-16-7-5-14-38(40)46-41(49)17-10-18-42(46)50(43-19-9-15-36-37-27-23-31-11-3-4-12-34(31)47(37)52-48(36)43)33-25-21-30(22-26-33)32-24-28-45-39(29-32)35-13-6-8-20-44(35)51-45/h3-29H,1-2H3. The summed E-state index contributed by atoms with van der Waals surface area (Å²) >= 11 is 0. The fraction of sp³-hybridized carbons (Fsp3) is 0.0612. The minimum Gasteiger partial charge on any atom is -0.456 e. The van der Waals surface area contributed by atoms with Crippen molar-refractivity contribution in [2.24, 2.45) is 0 Å². The molecule has 1 aliphatic carbocycles. The first kappa shape index (κ1) is 29.2. The van der Waals surface area contributed by atoms with Crippen LogP contribution < -0.4 is 4.90 Å². The molecule has 52 heavy (non-hydrogen) atoms. The molecule has 0 bridgehead atoms. The molecule has 0 aliphatic heterocycles. The lowest BCUT2D eigenvalue weighted by Gasteiger charge is -2.29. The number of hydrogen-bond acceptors (Lipinski definition) is 3. The van der Waals surface area contributed by atoms with Gasteiger partial charge in [0.25, 0.3) is 0 Å². The summed E-state index contributed by atoms with van der Waals surface area (Å²) in [4.78, 5) is 2.40. The van der Waals surface area contributed by atoms with Crippen LogP contribution in [0, 0.1) is 0 Å².